The van der Waals surface area contributed by atoms with Crippen molar-refractivity contribution in [2.45, 2.75) is 13.3 Å². The second kappa shape index (κ2) is 8.05. The predicted octanol–water partition coefficient (Wildman–Crippen LogP) is 3.24. The summed E-state index contributed by atoms with van der Waals surface area (Å²) in [5.41, 5.74) is 1.97. The third-order valence-electron chi connectivity index (χ3n) is 1.96. The van der Waals surface area contributed by atoms with Crippen molar-refractivity contribution < 1.29 is 17.1 Å². The molecule has 0 spiro atoms. The summed E-state index contributed by atoms with van der Waals surface area (Å²) >= 11 is 0. The van der Waals surface area contributed by atoms with E-state index in [0.29, 0.717) is 0 Å². The van der Waals surface area contributed by atoms with Gasteiger partial charge >= 0.3 is 17.1 Å². The molecular weight excluding hydrogens is 226 g/mol. The van der Waals surface area contributed by atoms with Crippen molar-refractivity contribution in [1.82, 2.24) is 0 Å². The van der Waals surface area contributed by atoms with Gasteiger partial charge in [-0.1, -0.05) is 18.9 Å². The molecule has 0 radical (unpaired) electrons. The molecule has 0 aliphatic heterocycles. The third-order valence-corrected chi connectivity index (χ3v) is 1.96. The van der Waals surface area contributed by atoms with Crippen LogP contribution < -0.4 is 0 Å². The molecule has 15 heavy (non-hydrogen) atoms. The molecule has 0 N–H and O–H groups in total. The van der Waals surface area contributed by atoms with Crippen LogP contribution in [0, 0.1) is 11.3 Å². The molecule has 0 heterocycles. The molecule has 0 aromatic heterocycles. The molecule has 2 aromatic carbocycles. The Bertz CT molecular complexity index is 362. The summed E-state index contributed by atoms with van der Waals surface area (Å²) in [6, 6.07) is 17.9. The molecule has 0 fully saturated rings. The number of nitrogens with zero attached hydrogens (tertiary/aromatic N) is 1. The minimum atomic E-state index is 0. The molecular formula is C13H13FeN. The van der Waals surface area contributed by atoms with Crippen molar-refractivity contribution in [3.8, 4) is 6.07 Å². The smallest absolute Gasteiger partial charge is 0.214 e. The summed E-state index contributed by atoms with van der Waals surface area (Å²) in [7, 11) is 0. The van der Waals surface area contributed by atoms with E-state index >= 15 is 0 Å². The maximum absolute atomic E-state index is 8.49. The molecule has 0 saturated heterocycles. The summed E-state index contributed by atoms with van der Waals surface area (Å²) in [5, 5.41) is 8.49. The van der Waals surface area contributed by atoms with Gasteiger partial charge in [0, 0.05) is 6.07 Å². The summed E-state index contributed by atoms with van der Waals surface area (Å²) in [6.07, 6.45) is 0.954. The Balaban J connectivity index is 0.000000280. The van der Waals surface area contributed by atoms with Crippen LogP contribution in [0.1, 0.15) is 18.1 Å². The third kappa shape index (κ3) is 4.65. The van der Waals surface area contributed by atoms with Crippen LogP contribution in [-0.4, -0.2) is 0 Å². The topological polar surface area (TPSA) is 23.8 Å². The Labute approximate surface area is 102 Å². The molecule has 0 atom stereocenters. The van der Waals surface area contributed by atoms with E-state index in [1.165, 1.54) is 0 Å². The normalized spacial score (nSPS) is 8.00. The molecule has 0 saturated carbocycles. The van der Waals surface area contributed by atoms with Gasteiger partial charge in [-0.05, 0) is 0 Å². The minimum Gasteiger partial charge on any atom is -0.214 e. The fourth-order valence-corrected chi connectivity index (χ4v) is 1.20. The van der Waals surface area contributed by atoms with E-state index in [-0.39, 0.29) is 17.1 Å². The number of aryl methyl sites for hydroxylation is 1. The van der Waals surface area contributed by atoms with Gasteiger partial charge in [0.25, 0.3) is 0 Å². The van der Waals surface area contributed by atoms with Crippen molar-refractivity contribution in [3.63, 3.8) is 0 Å². The van der Waals surface area contributed by atoms with E-state index in [0.717, 1.165) is 17.5 Å². The molecule has 0 aliphatic rings. The fourth-order valence-electron chi connectivity index (χ4n) is 1.20. The van der Waals surface area contributed by atoms with Crippen molar-refractivity contribution >= 4 is 0 Å². The van der Waals surface area contributed by atoms with Crippen molar-refractivity contribution in [1.29, 1.82) is 5.26 Å². The molecule has 2 heteroatoms. The Morgan fingerprint density at radius 1 is 1.33 bits per heavy atom. The van der Waals surface area contributed by atoms with E-state index in [1.807, 2.05) is 48.5 Å². The molecule has 0 unspecified atom stereocenters. The number of hydrogen-bond donors (Lipinski definition) is 0. The van der Waals surface area contributed by atoms with Gasteiger partial charge in [0.05, 0.1) is 0 Å². The quantitative estimate of drug-likeness (QED) is 0.553. The van der Waals surface area contributed by atoms with Crippen LogP contribution in [0.15, 0.2) is 48.5 Å². The van der Waals surface area contributed by atoms with Crippen LogP contribution in [0.25, 0.3) is 0 Å². The van der Waals surface area contributed by atoms with Crippen LogP contribution in [0.3, 0.4) is 0 Å². The SMILES string of the molecule is CCc1ccc[c-]1C#N.[Fe+2].c1cc[cH-]c1. The number of nitriles is 1. The van der Waals surface area contributed by atoms with Crippen LogP contribution in [-0.2, 0) is 23.5 Å². The second-order valence-electron chi connectivity index (χ2n) is 2.89. The van der Waals surface area contributed by atoms with Crippen LogP contribution >= 0.6 is 0 Å². The van der Waals surface area contributed by atoms with E-state index < -0.39 is 0 Å². The molecule has 2 rings (SSSR count). The maximum atomic E-state index is 8.49. The summed E-state index contributed by atoms with van der Waals surface area (Å²) < 4.78 is 0. The molecule has 2 aromatic rings. The van der Waals surface area contributed by atoms with Gasteiger partial charge in [0.1, 0.15) is 0 Å². The average Bonchev–Trinajstić information content (AvgIpc) is 2.91. The standard InChI is InChI=1S/C8H8N.C5H5.Fe/c1-2-7-4-3-5-8(7)6-9;1-2-4-5-3-1;/h3-5H,2H2,1H3;1-5H;/q2*-1;+2. The van der Waals surface area contributed by atoms with Gasteiger partial charge in [-0.2, -0.15) is 29.8 Å². The Kier molecular flexibility index (Phi) is 7.36. The summed E-state index contributed by atoms with van der Waals surface area (Å²) in [6.45, 7) is 2.05. The minimum absolute atomic E-state index is 0. The molecule has 0 bridgehead atoms. The van der Waals surface area contributed by atoms with Gasteiger partial charge in [0.15, 0.2) is 0 Å². The van der Waals surface area contributed by atoms with Crippen LogP contribution in [0.5, 0.6) is 0 Å². The first kappa shape index (κ1) is 13.7. The van der Waals surface area contributed by atoms with E-state index in [2.05, 4.69) is 13.0 Å². The zero-order valence-electron chi connectivity index (χ0n) is 8.63. The van der Waals surface area contributed by atoms with Crippen LogP contribution in [0.4, 0.5) is 0 Å². The Hall–Kier alpha value is -1.29. The summed E-state index contributed by atoms with van der Waals surface area (Å²) in [5.74, 6) is 0. The first-order valence-electron chi connectivity index (χ1n) is 4.69. The number of hydrogen-bond acceptors (Lipinski definition) is 1. The average molecular weight is 239 g/mol. The summed E-state index contributed by atoms with van der Waals surface area (Å²) in [4.78, 5) is 0. The Morgan fingerprint density at radius 2 is 2.00 bits per heavy atom. The zero-order chi connectivity index (χ0) is 10.2. The molecule has 0 aliphatic carbocycles. The first-order chi connectivity index (χ1) is 6.88. The van der Waals surface area contributed by atoms with E-state index in [4.69, 9.17) is 5.26 Å². The van der Waals surface area contributed by atoms with E-state index in [1.54, 1.807) is 0 Å². The molecule has 0 amide bonds. The molecule has 78 valence electrons. The monoisotopic (exact) mass is 239 g/mol. The van der Waals surface area contributed by atoms with Crippen molar-refractivity contribution in [2.75, 3.05) is 0 Å². The van der Waals surface area contributed by atoms with Gasteiger partial charge < -0.3 is 0 Å². The first-order valence-corrected chi connectivity index (χ1v) is 4.69. The van der Waals surface area contributed by atoms with Crippen LogP contribution in [0.2, 0.25) is 0 Å². The maximum Gasteiger partial charge on any atom is 2.00 e. The van der Waals surface area contributed by atoms with Crippen molar-refractivity contribution in [2.24, 2.45) is 0 Å². The predicted molar refractivity (Wildman–Crippen MR) is 58.2 cm³/mol. The van der Waals surface area contributed by atoms with Gasteiger partial charge in [0.2, 0.25) is 0 Å². The van der Waals surface area contributed by atoms with Gasteiger partial charge in [-0.25, -0.2) is 29.5 Å². The van der Waals surface area contributed by atoms with Gasteiger partial charge in [-0.15, -0.1) is 0 Å². The largest absolute Gasteiger partial charge is 2.00 e. The Morgan fingerprint density at radius 3 is 2.33 bits per heavy atom. The zero-order valence-corrected chi connectivity index (χ0v) is 9.73. The number of rotatable bonds is 1. The second-order valence-corrected chi connectivity index (χ2v) is 2.89. The van der Waals surface area contributed by atoms with Gasteiger partial charge in [-0.3, -0.25) is 0 Å². The van der Waals surface area contributed by atoms with Crippen molar-refractivity contribution in [3.05, 3.63) is 59.7 Å². The van der Waals surface area contributed by atoms with E-state index in [9.17, 15) is 0 Å². The molecule has 1 nitrogen and oxygen atoms in total. The fraction of sp³-hybridized carbons (Fsp3) is 0.154.